The van der Waals surface area contributed by atoms with Crippen LogP contribution < -0.4 is 10.2 Å². The number of carbonyl (C=O) groups excluding carboxylic acids is 1. The zero-order valence-electron chi connectivity index (χ0n) is 8.75. The molecule has 1 aliphatic heterocycles. The molecule has 1 aliphatic rings. The molecule has 0 bridgehead atoms. The highest BCUT2D eigenvalue weighted by Gasteiger charge is 2.25. The maximum Gasteiger partial charge on any atom is 0.243 e. The number of nitrogens with one attached hydrogen (secondary N) is 1. The van der Waals surface area contributed by atoms with E-state index >= 15 is 0 Å². The molecule has 0 fully saturated rings. The van der Waals surface area contributed by atoms with E-state index in [1.165, 1.54) is 0 Å². The van der Waals surface area contributed by atoms with E-state index in [-0.39, 0.29) is 5.91 Å². The Morgan fingerprint density at radius 2 is 2.20 bits per heavy atom. The highest BCUT2D eigenvalue weighted by Crippen LogP contribution is 2.37. The van der Waals surface area contributed by atoms with E-state index in [1.807, 2.05) is 18.2 Å². The maximum atomic E-state index is 11.5. The molecular formula is C11H13BrN2O. The van der Waals surface area contributed by atoms with Gasteiger partial charge in [0.1, 0.15) is 0 Å². The number of hydrogen-bond acceptors (Lipinski definition) is 2. The van der Waals surface area contributed by atoms with Gasteiger partial charge < -0.3 is 10.2 Å². The number of para-hydroxylation sites is 1. The van der Waals surface area contributed by atoms with Crippen LogP contribution in [0.25, 0.3) is 0 Å². The number of anilines is 2. The van der Waals surface area contributed by atoms with Crippen LogP contribution in [0.3, 0.4) is 0 Å². The minimum Gasteiger partial charge on any atom is -0.357 e. The van der Waals surface area contributed by atoms with Gasteiger partial charge in [0, 0.05) is 10.5 Å². The number of amides is 1. The van der Waals surface area contributed by atoms with Crippen molar-refractivity contribution in [2.45, 2.75) is 19.9 Å². The molecule has 0 aliphatic carbocycles. The van der Waals surface area contributed by atoms with E-state index < -0.39 is 0 Å². The number of carbonyl (C=O) groups is 1. The van der Waals surface area contributed by atoms with Gasteiger partial charge in [0.2, 0.25) is 5.91 Å². The van der Waals surface area contributed by atoms with Gasteiger partial charge in [-0.25, -0.2) is 0 Å². The Morgan fingerprint density at radius 3 is 2.87 bits per heavy atom. The van der Waals surface area contributed by atoms with Crippen LogP contribution in [0.15, 0.2) is 22.7 Å². The summed E-state index contributed by atoms with van der Waals surface area (Å²) in [5.74, 6) is 0.0503. The van der Waals surface area contributed by atoms with Crippen molar-refractivity contribution < 1.29 is 4.79 Å². The molecule has 4 heteroatoms. The predicted octanol–water partition coefficient (Wildman–Crippen LogP) is 2.62. The molecule has 2 rings (SSSR count). The van der Waals surface area contributed by atoms with E-state index in [0.717, 1.165) is 15.8 Å². The van der Waals surface area contributed by atoms with Crippen molar-refractivity contribution in [3.8, 4) is 0 Å². The number of nitrogens with zero attached hydrogens (tertiary/aromatic N) is 1. The summed E-state index contributed by atoms with van der Waals surface area (Å²) in [4.78, 5) is 13.6. The van der Waals surface area contributed by atoms with Crippen LogP contribution in [0, 0.1) is 0 Å². The van der Waals surface area contributed by atoms with Crippen molar-refractivity contribution in [3.05, 3.63) is 22.7 Å². The summed E-state index contributed by atoms with van der Waals surface area (Å²) >= 11 is 3.52. The average molecular weight is 269 g/mol. The molecule has 0 unspecified atom stereocenters. The van der Waals surface area contributed by atoms with E-state index in [2.05, 4.69) is 40.0 Å². The van der Waals surface area contributed by atoms with Crippen LogP contribution in [0.5, 0.6) is 0 Å². The molecule has 1 heterocycles. The molecular weight excluding hydrogens is 256 g/mol. The third-order valence-electron chi connectivity index (χ3n) is 2.49. The summed E-state index contributed by atoms with van der Waals surface area (Å²) < 4.78 is 1.02. The Labute approximate surface area is 97.6 Å². The fraction of sp³-hybridized carbons (Fsp3) is 0.364. The lowest BCUT2D eigenvalue weighted by atomic mass is 10.1. The molecule has 80 valence electrons. The largest absolute Gasteiger partial charge is 0.357 e. The average Bonchev–Trinajstić information content (AvgIpc) is 2.16. The first-order valence-electron chi connectivity index (χ1n) is 4.94. The first-order valence-corrected chi connectivity index (χ1v) is 5.74. The van der Waals surface area contributed by atoms with Crippen molar-refractivity contribution in [2.75, 3.05) is 16.8 Å². The molecule has 1 N–H and O–H groups in total. The molecule has 0 aromatic heterocycles. The molecule has 0 saturated heterocycles. The topological polar surface area (TPSA) is 32.3 Å². The number of halogens is 1. The summed E-state index contributed by atoms with van der Waals surface area (Å²) in [5, 5.41) is 2.87. The summed E-state index contributed by atoms with van der Waals surface area (Å²) in [7, 11) is 0. The second-order valence-electron chi connectivity index (χ2n) is 3.91. The van der Waals surface area contributed by atoms with Gasteiger partial charge in [-0.1, -0.05) is 6.07 Å². The van der Waals surface area contributed by atoms with Crippen LogP contribution in [-0.4, -0.2) is 18.5 Å². The summed E-state index contributed by atoms with van der Waals surface area (Å²) in [5.41, 5.74) is 1.96. The fourth-order valence-corrected chi connectivity index (χ4v) is 2.37. The Hall–Kier alpha value is -1.03. The highest BCUT2D eigenvalue weighted by atomic mass is 79.9. The van der Waals surface area contributed by atoms with Crippen molar-refractivity contribution in [2.24, 2.45) is 0 Å². The van der Waals surface area contributed by atoms with Gasteiger partial charge in [-0.15, -0.1) is 0 Å². The van der Waals surface area contributed by atoms with E-state index in [0.29, 0.717) is 12.6 Å². The second-order valence-corrected chi connectivity index (χ2v) is 4.76. The summed E-state index contributed by atoms with van der Waals surface area (Å²) in [6.45, 7) is 4.59. The van der Waals surface area contributed by atoms with Crippen LogP contribution in [0.2, 0.25) is 0 Å². The Kier molecular flexibility index (Phi) is 2.69. The van der Waals surface area contributed by atoms with Crippen molar-refractivity contribution >= 4 is 33.2 Å². The van der Waals surface area contributed by atoms with Gasteiger partial charge in [-0.3, -0.25) is 4.79 Å². The molecule has 1 amide bonds. The number of fused-ring (bicyclic) bond motifs is 1. The van der Waals surface area contributed by atoms with E-state index in [1.54, 1.807) is 0 Å². The van der Waals surface area contributed by atoms with Crippen molar-refractivity contribution in [1.29, 1.82) is 0 Å². The lowest BCUT2D eigenvalue weighted by Gasteiger charge is -2.34. The summed E-state index contributed by atoms with van der Waals surface area (Å²) in [6, 6.07) is 6.15. The standard InChI is InChI=1S/C11H13BrN2O/c1-7(2)14-6-10(15)13-9-5-3-4-8(12)11(9)14/h3-5,7H,6H2,1-2H3,(H,13,15). The van der Waals surface area contributed by atoms with Crippen molar-refractivity contribution in [1.82, 2.24) is 0 Å². The van der Waals surface area contributed by atoms with E-state index in [4.69, 9.17) is 0 Å². The molecule has 1 aromatic rings. The second kappa shape index (κ2) is 3.85. The molecule has 15 heavy (non-hydrogen) atoms. The van der Waals surface area contributed by atoms with Gasteiger partial charge in [0.15, 0.2) is 0 Å². The first-order chi connectivity index (χ1) is 7.09. The minimum absolute atomic E-state index is 0.0503. The zero-order chi connectivity index (χ0) is 11.0. The molecule has 0 spiro atoms. The molecule has 0 atom stereocenters. The van der Waals surface area contributed by atoms with Gasteiger partial charge in [0.05, 0.1) is 17.9 Å². The van der Waals surface area contributed by atoms with Gasteiger partial charge in [-0.2, -0.15) is 0 Å². The Balaban J connectivity index is 2.52. The molecule has 0 radical (unpaired) electrons. The van der Waals surface area contributed by atoms with Gasteiger partial charge in [0.25, 0.3) is 0 Å². The quantitative estimate of drug-likeness (QED) is 0.850. The molecule has 1 aromatic carbocycles. The monoisotopic (exact) mass is 268 g/mol. The Morgan fingerprint density at radius 1 is 1.47 bits per heavy atom. The fourth-order valence-electron chi connectivity index (χ4n) is 1.77. The van der Waals surface area contributed by atoms with Crippen molar-refractivity contribution in [3.63, 3.8) is 0 Å². The smallest absolute Gasteiger partial charge is 0.243 e. The first kappa shape index (κ1) is 10.5. The van der Waals surface area contributed by atoms with Crippen LogP contribution in [0.1, 0.15) is 13.8 Å². The lowest BCUT2D eigenvalue weighted by Crippen LogP contribution is -2.42. The predicted molar refractivity (Wildman–Crippen MR) is 65.3 cm³/mol. The lowest BCUT2D eigenvalue weighted by molar-refractivity contribution is -0.115. The van der Waals surface area contributed by atoms with Crippen LogP contribution >= 0.6 is 15.9 Å². The SMILES string of the molecule is CC(C)N1CC(=O)Nc2cccc(Br)c21. The Bertz CT molecular complexity index is 404. The van der Waals surface area contributed by atoms with Crippen LogP contribution in [0.4, 0.5) is 11.4 Å². The molecule has 0 saturated carbocycles. The zero-order valence-corrected chi connectivity index (χ0v) is 10.3. The minimum atomic E-state index is 0.0503. The van der Waals surface area contributed by atoms with E-state index in [9.17, 15) is 4.79 Å². The van der Waals surface area contributed by atoms with Gasteiger partial charge >= 0.3 is 0 Å². The third-order valence-corrected chi connectivity index (χ3v) is 3.13. The normalized spacial score (nSPS) is 15.2. The van der Waals surface area contributed by atoms with Gasteiger partial charge in [-0.05, 0) is 41.9 Å². The number of benzene rings is 1. The maximum absolute atomic E-state index is 11.5. The van der Waals surface area contributed by atoms with Crippen LogP contribution in [-0.2, 0) is 4.79 Å². The number of rotatable bonds is 1. The summed E-state index contributed by atoms with van der Waals surface area (Å²) in [6.07, 6.45) is 0. The number of hydrogen-bond donors (Lipinski definition) is 1. The third kappa shape index (κ3) is 1.86. The molecule has 3 nitrogen and oxygen atoms in total. The highest BCUT2D eigenvalue weighted by molar-refractivity contribution is 9.10.